The zero-order valence-electron chi connectivity index (χ0n) is 18.1. The minimum atomic E-state index is 0.00907. The van der Waals surface area contributed by atoms with Gasteiger partial charge < -0.3 is 15.4 Å². The van der Waals surface area contributed by atoms with Gasteiger partial charge in [-0.3, -0.25) is 9.80 Å². The smallest absolute Gasteiger partial charge is 0.247 e. The summed E-state index contributed by atoms with van der Waals surface area (Å²) in [5.74, 6) is 2.21. The number of hydrogen-bond acceptors (Lipinski definition) is 5. The van der Waals surface area contributed by atoms with Crippen LogP contribution in [0.5, 0.6) is 5.75 Å². The van der Waals surface area contributed by atoms with Gasteiger partial charge in [0.2, 0.25) is 5.91 Å². The second-order valence-corrected chi connectivity index (χ2v) is 9.47. The van der Waals surface area contributed by atoms with E-state index in [0.717, 1.165) is 44.5 Å². The number of allylic oxidation sites excluding steroid dienone is 1. The van der Waals surface area contributed by atoms with E-state index in [4.69, 9.17) is 4.74 Å². The molecule has 1 aliphatic carbocycles. The maximum Gasteiger partial charge on any atom is 0.247 e. The number of nitrogens with one attached hydrogen (secondary N) is 3. The van der Waals surface area contributed by atoms with Crippen molar-refractivity contribution in [1.29, 1.82) is 0 Å². The molecule has 162 valence electrons. The zero-order chi connectivity index (χ0) is 20.7. The third-order valence-corrected chi connectivity index (χ3v) is 7.19. The topological polar surface area (TPSA) is 65.6 Å². The number of para-hydroxylation sites is 1. The van der Waals surface area contributed by atoms with E-state index in [1.54, 1.807) is 0 Å². The average Bonchev–Trinajstić information content (AvgIpc) is 3.12. The predicted molar refractivity (Wildman–Crippen MR) is 117 cm³/mol. The number of nitrogens with zero attached hydrogens (tertiary/aromatic N) is 1. The van der Waals surface area contributed by atoms with Crippen molar-refractivity contribution in [1.82, 2.24) is 21.1 Å². The van der Waals surface area contributed by atoms with Crippen LogP contribution < -0.4 is 20.8 Å². The molecule has 1 aromatic carbocycles. The van der Waals surface area contributed by atoms with Crippen LogP contribution in [0.25, 0.3) is 0 Å². The highest BCUT2D eigenvalue weighted by molar-refractivity contribution is 5.89. The van der Waals surface area contributed by atoms with E-state index in [9.17, 15) is 4.79 Å². The predicted octanol–water partition coefficient (Wildman–Crippen LogP) is 2.89. The molecule has 4 unspecified atom stereocenters. The molecule has 1 aromatic rings. The Morgan fingerprint density at radius 1 is 1.10 bits per heavy atom. The van der Waals surface area contributed by atoms with Crippen molar-refractivity contribution in [3.05, 3.63) is 41.6 Å². The number of carbonyl (C=O) groups excluding carboxylic acids is 1. The standard InChI is InChI=1S/C24H34N4O2/c1-15(2)30-21-9-4-3-6-17(21)18-7-5-8-19-23(18)24-26-22(29)14-20(28(24)27-19)16-10-12-25-13-11-16/h3-4,6,9,14-16,18-19,23-25,27H,5,7-8,10-13H2,1-2H3,(H,26,29). The fourth-order valence-corrected chi connectivity index (χ4v) is 5.98. The molecule has 30 heavy (non-hydrogen) atoms. The first-order valence-corrected chi connectivity index (χ1v) is 11.7. The summed E-state index contributed by atoms with van der Waals surface area (Å²) in [6.07, 6.45) is 7.64. The number of carbonyl (C=O) groups is 1. The SMILES string of the molecule is CC(C)Oc1ccccc1C1CCCC2NN3C(C4CCNCC4)=CC(=O)NC3C21. The lowest BCUT2D eigenvalue weighted by Crippen LogP contribution is -2.54. The van der Waals surface area contributed by atoms with E-state index in [1.165, 1.54) is 17.7 Å². The lowest BCUT2D eigenvalue weighted by atomic mass is 9.71. The molecule has 4 atom stereocenters. The Morgan fingerprint density at radius 2 is 1.90 bits per heavy atom. The quantitative estimate of drug-likeness (QED) is 0.712. The molecule has 3 aliphatic heterocycles. The average molecular weight is 411 g/mol. The molecule has 4 aliphatic rings. The number of fused-ring (bicyclic) bond motifs is 3. The summed E-state index contributed by atoms with van der Waals surface area (Å²) in [4.78, 5) is 12.7. The van der Waals surface area contributed by atoms with Gasteiger partial charge in [-0.15, -0.1) is 0 Å². The van der Waals surface area contributed by atoms with E-state index in [0.29, 0.717) is 23.8 Å². The summed E-state index contributed by atoms with van der Waals surface area (Å²) >= 11 is 0. The van der Waals surface area contributed by atoms with Gasteiger partial charge in [0.1, 0.15) is 11.9 Å². The number of ether oxygens (including phenoxy) is 1. The highest BCUT2D eigenvalue weighted by Crippen LogP contribution is 2.48. The monoisotopic (exact) mass is 410 g/mol. The van der Waals surface area contributed by atoms with Crippen molar-refractivity contribution in [3.8, 4) is 5.75 Å². The lowest BCUT2D eigenvalue weighted by molar-refractivity contribution is -0.120. The summed E-state index contributed by atoms with van der Waals surface area (Å²) < 4.78 is 6.18. The van der Waals surface area contributed by atoms with E-state index in [2.05, 4.69) is 59.2 Å². The van der Waals surface area contributed by atoms with Gasteiger partial charge in [0.05, 0.1) is 6.10 Å². The molecule has 2 saturated heterocycles. The molecule has 0 spiro atoms. The van der Waals surface area contributed by atoms with Crippen molar-refractivity contribution in [3.63, 3.8) is 0 Å². The van der Waals surface area contributed by atoms with Gasteiger partial charge in [0.25, 0.3) is 0 Å². The largest absolute Gasteiger partial charge is 0.491 e. The van der Waals surface area contributed by atoms with Gasteiger partial charge in [0, 0.05) is 29.7 Å². The Morgan fingerprint density at radius 3 is 2.70 bits per heavy atom. The van der Waals surface area contributed by atoms with Crippen molar-refractivity contribution in [2.24, 2.45) is 11.8 Å². The third-order valence-electron chi connectivity index (χ3n) is 7.19. The van der Waals surface area contributed by atoms with E-state index >= 15 is 0 Å². The molecule has 0 aromatic heterocycles. The fraction of sp³-hybridized carbons (Fsp3) is 0.625. The first-order chi connectivity index (χ1) is 14.6. The lowest BCUT2D eigenvalue weighted by Gasteiger charge is -2.41. The summed E-state index contributed by atoms with van der Waals surface area (Å²) in [5.41, 5.74) is 6.29. The van der Waals surface area contributed by atoms with Gasteiger partial charge in [-0.25, -0.2) is 5.43 Å². The van der Waals surface area contributed by atoms with Gasteiger partial charge in [-0.2, -0.15) is 0 Å². The molecule has 3 N–H and O–H groups in total. The van der Waals surface area contributed by atoms with Gasteiger partial charge in [-0.05, 0) is 70.2 Å². The molecule has 6 heteroatoms. The Labute approximate surface area is 179 Å². The van der Waals surface area contributed by atoms with Crippen molar-refractivity contribution >= 4 is 5.91 Å². The molecule has 1 amide bonds. The summed E-state index contributed by atoms with van der Waals surface area (Å²) in [6.45, 7) is 6.21. The Hall–Kier alpha value is -2.05. The van der Waals surface area contributed by atoms with E-state index < -0.39 is 0 Å². The molecule has 0 bridgehead atoms. The molecular formula is C24H34N4O2. The van der Waals surface area contributed by atoms with Crippen LogP contribution in [-0.4, -0.2) is 42.3 Å². The first-order valence-electron chi connectivity index (χ1n) is 11.7. The van der Waals surface area contributed by atoms with Crippen LogP contribution in [0.1, 0.15) is 57.4 Å². The van der Waals surface area contributed by atoms with Crippen molar-refractivity contribution in [2.45, 2.75) is 70.2 Å². The number of amides is 1. The molecule has 3 heterocycles. The maximum absolute atomic E-state index is 12.7. The van der Waals surface area contributed by atoms with Crippen LogP contribution in [0.4, 0.5) is 0 Å². The second kappa shape index (κ2) is 8.23. The number of piperidine rings is 1. The zero-order valence-corrected chi connectivity index (χ0v) is 18.1. The van der Waals surface area contributed by atoms with Crippen molar-refractivity contribution < 1.29 is 9.53 Å². The van der Waals surface area contributed by atoms with Gasteiger partial charge in [-0.1, -0.05) is 24.6 Å². The maximum atomic E-state index is 12.7. The van der Waals surface area contributed by atoms with E-state index in [-0.39, 0.29) is 18.2 Å². The van der Waals surface area contributed by atoms with Crippen LogP contribution in [0, 0.1) is 11.8 Å². The third kappa shape index (κ3) is 3.60. The highest BCUT2D eigenvalue weighted by atomic mass is 16.5. The van der Waals surface area contributed by atoms with Crippen LogP contribution in [0.3, 0.4) is 0 Å². The molecular weight excluding hydrogens is 376 g/mol. The fourth-order valence-electron chi connectivity index (χ4n) is 5.98. The summed E-state index contributed by atoms with van der Waals surface area (Å²) in [6, 6.07) is 8.87. The number of rotatable bonds is 4. The molecule has 3 fully saturated rings. The Bertz CT molecular complexity index is 817. The van der Waals surface area contributed by atoms with Crippen molar-refractivity contribution in [2.75, 3.05) is 13.1 Å². The van der Waals surface area contributed by atoms with Gasteiger partial charge >= 0.3 is 0 Å². The highest BCUT2D eigenvalue weighted by Gasteiger charge is 2.51. The molecule has 0 radical (unpaired) electrons. The van der Waals surface area contributed by atoms with E-state index in [1.807, 2.05) is 6.08 Å². The minimum absolute atomic E-state index is 0.00907. The summed E-state index contributed by atoms with van der Waals surface area (Å²) in [7, 11) is 0. The number of hydrazine groups is 1. The van der Waals surface area contributed by atoms with Gasteiger partial charge in [0.15, 0.2) is 0 Å². The molecule has 1 saturated carbocycles. The van der Waals surface area contributed by atoms with Crippen LogP contribution in [0.2, 0.25) is 0 Å². The first kappa shape index (κ1) is 19.9. The second-order valence-electron chi connectivity index (χ2n) is 9.47. The van der Waals surface area contributed by atoms with Crippen LogP contribution in [0.15, 0.2) is 36.0 Å². The Kier molecular flexibility index (Phi) is 5.46. The molecule has 5 rings (SSSR count). The number of benzene rings is 1. The molecule has 6 nitrogen and oxygen atoms in total. The Balaban J connectivity index is 1.46. The number of hydrogen-bond donors (Lipinski definition) is 3. The van der Waals surface area contributed by atoms with Crippen LogP contribution >= 0.6 is 0 Å². The normalized spacial score (nSPS) is 31.8. The van der Waals surface area contributed by atoms with Crippen LogP contribution in [-0.2, 0) is 4.79 Å². The summed E-state index contributed by atoms with van der Waals surface area (Å²) in [5, 5.41) is 9.06. The minimum Gasteiger partial charge on any atom is -0.491 e.